The highest BCUT2D eigenvalue weighted by molar-refractivity contribution is 6.31. The molecule has 0 radical (unpaired) electrons. The van der Waals surface area contributed by atoms with Crippen LogP contribution in [0.25, 0.3) is 0 Å². The van der Waals surface area contributed by atoms with Crippen LogP contribution >= 0.6 is 11.6 Å². The predicted molar refractivity (Wildman–Crippen MR) is 119 cm³/mol. The first kappa shape index (κ1) is 23.0. The highest BCUT2D eigenvalue weighted by atomic mass is 35.5. The van der Waals surface area contributed by atoms with E-state index in [2.05, 4.69) is 5.32 Å². The number of carbonyl (C=O) groups excluding carboxylic acids is 2. The molecular weight excluding hydrogens is 384 g/mol. The van der Waals surface area contributed by atoms with Crippen LogP contribution in [0.2, 0.25) is 5.02 Å². The van der Waals surface area contributed by atoms with E-state index in [-0.39, 0.29) is 23.8 Å². The van der Waals surface area contributed by atoms with E-state index in [4.69, 9.17) is 11.6 Å². The Morgan fingerprint density at radius 2 is 1.69 bits per heavy atom. The zero-order chi connectivity index (χ0) is 21.6. The van der Waals surface area contributed by atoms with Gasteiger partial charge >= 0.3 is 0 Å². The summed E-state index contributed by atoms with van der Waals surface area (Å²) < 4.78 is 0. The summed E-state index contributed by atoms with van der Waals surface area (Å²) in [4.78, 5) is 27.9. The fourth-order valence-electron chi connectivity index (χ4n) is 3.16. The zero-order valence-corrected chi connectivity index (χ0v) is 18.7. The fourth-order valence-corrected chi connectivity index (χ4v) is 3.36. The molecule has 0 saturated carbocycles. The molecule has 0 aliphatic heterocycles. The second kappa shape index (κ2) is 9.93. The van der Waals surface area contributed by atoms with Crippen molar-refractivity contribution in [2.45, 2.75) is 65.6 Å². The molecule has 0 saturated heterocycles. The summed E-state index contributed by atoms with van der Waals surface area (Å²) in [5, 5.41) is 3.60. The quantitative estimate of drug-likeness (QED) is 0.699. The van der Waals surface area contributed by atoms with Crippen LogP contribution in [0.1, 0.15) is 50.8 Å². The van der Waals surface area contributed by atoms with E-state index in [9.17, 15) is 9.59 Å². The van der Waals surface area contributed by atoms with Crippen molar-refractivity contribution in [1.82, 2.24) is 10.2 Å². The van der Waals surface area contributed by atoms with Crippen LogP contribution in [-0.2, 0) is 22.6 Å². The lowest BCUT2D eigenvalue weighted by atomic mass is 10.0. The first-order valence-electron chi connectivity index (χ1n) is 10.0. The average Bonchev–Trinajstić information content (AvgIpc) is 2.63. The number of nitrogens with one attached hydrogen (secondary N) is 1. The van der Waals surface area contributed by atoms with Gasteiger partial charge in [-0.25, -0.2) is 0 Å². The molecule has 156 valence electrons. The number of amides is 2. The Bertz CT molecular complexity index is 841. The first-order chi connectivity index (χ1) is 13.6. The van der Waals surface area contributed by atoms with Crippen LogP contribution in [0.3, 0.4) is 0 Å². The molecule has 0 spiro atoms. The molecule has 0 unspecified atom stereocenters. The molecule has 29 heavy (non-hydrogen) atoms. The predicted octanol–water partition coefficient (Wildman–Crippen LogP) is 4.91. The summed E-state index contributed by atoms with van der Waals surface area (Å²) in [6.07, 6.45) is 0.760. The summed E-state index contributed by atoms with van der Waals surface area (Å²) in [6.45, 7) is 10.0. The van der Waals surface area contributed by atoms with Gasteiger partial charge in [-0.15, -0.1) is 0 Å². The minimum absolute atomic E-state index is 0.0929. The molecule has 2 aromatic carbocycles. The Morgan fingerprint density at radius 3 is 2.24 bits per heavy atom. The number of hydrogen-bond donors (Lipinski definition) is 1. The second-order valence-electron chi connectivity index (χ2n) is 8.44. The zero-order valence-electron chi connectivity index (χ0n) is 18.0. The van der Waals surface area contributed by atoms with E-state index in [1.165, 1.54) is 0 Å². The molecule has 0 heterocycles. The number of carbonyl (C=O) groups is 2. The fraction of sp³-hybridized carbons (Fsp3) is 0.417. The Kier molecular flexibility index (Phi) is 7.86. The number of halogens is 1. The number of rotatable bonds is 7. The molecule has 0 bridgehead atoms. The van der Waals surface area contributed by atoms with Gasteiger partial charge in [0.2, 0.25) is 11.8 Å². The van der Waals surface area contributed by atoms with Gasteiger partial charge in [0.1, 0.15) is 6.04 Å². The Labute approximate surface area is 179 Å². The SMILES string of the molecule is CC[C@H](C(=O)NC(C)(C)C)N(Cc1ccccc1Cl)C(=O)Cc1ccc(C)cc1. The summed E-state index contributed by atoms with van der Waals surface area (Å²) in [5.41, 5.74) is 2.52. The van der Waals surface area contributed by atoms with Crippen molar-refractivity contribution in [1.29, 1.82) is 0 Å². The first-order valence-corrected chi connectivity index (χ1v) is 10.4. The van der Waals surface area contributed by atoms with Crippen molar-refractivity contribution in [3.63, 3.8) is 0 Å². The smallest absolute Gasteiger partial charge is 0.243 e. The van der Waals surface area contributed by atoms with Gasteiger partial charge in [-0.2, -0.15) is 0 Å². The Hall–Kier alpha value is -2.33. The van der Waals surface area contributed by atoms with E-state index in [1.807, 2.05) is 77.1 Å². The molecule has 4 nitrogen and oxygen atoms in total. The van der Waals surface area contributed by atoms with Crippen molar-refractivity contribution >= 4 is 23.4 Å². The van der Waals surface area contributed by atoms with Gasteiger partial charge < -0.3 is 10.2 Å². The van der Waals surface area contributed by atoms with Crippen molar-refractivity contribution in [2.24, 2.45) is 0 Å². The minimum Gasteiger partial charge on any atom is -0.350 e. The minimum atomic E-state index is -0.566. The van der Waals surface area contributed by atoms with Gasteiger partial charge in [0.15, 0.2) is 0 Å². The topological polar surface area (TPSA) is 49.4 Å². The van der Waals surface area contributed by atoms with Crippen LogP contribution in [0.5, 0.6) is 0 Å². The van der Waals surface area contributed by atoms with Crippen molar-refractivity contribution in [3.8, 4) is 0 Å². The van der Waals surface area contributed by atoms with Gasteiger partial charge in [-0.3, -0.25) is 9.59 Å². The van der Waals surface area contributed by atoms with Gasteiger partial charge in [0.05, 0.1) is 6.42 Å². The normalized spacial score (nSPS) is 12.3. The molecule has 1 atom stereocenters. The maximum Gasteiger partial charge on any atom is 0.243 e. The average molecular weight is 415 g/mol. The van der Waals surface area contributed by atoms with E-state index >= 15 is 0 Å². The van der Waals surface area contributed by atoms with Crippen LogP contribution < -0.4 is 5.32 Å². The van der Waals surface area contributed by atoms with Crippen molar-refractivity contribution in [3.05, 3.63) is 70.2 Å². The highest BCUT2D eigenvalue weighted by Crippen LogP contribution is 2.21. The third kappa shape index (κ3) is 6.90. The number of hydrogen-bond acceptors (Lipinski definition) is 2. The summed E-state index contributed by atoms with van der Waals surface area (Å²) in [5.74, 6) is -0.242. The van der Waals surface area contributed by atoms with Gasteiger partial charge in [-0.1, -0.05) is 66.6 Å². The second-order valence-corrected chi connectivity index (χ2v) is 8.85. The lowest BCUT2D eigenvalue weighted by Gasteiger charge is -2.33. The third-order valence-electron chi connectivity index (χ3n) is 4.66. The molecule has 0 fully saturated rings. The monoisotopic (exact) mass is 414 g/mol. The lowest BCUT2D eigenvalue weighted by Crippen LogP contribution is -2.53. The highest BCUT2D eigenvalue weighted by Gasteiger charge is 2.30. The lowest BCUT2D eigenvalue weighted by molar-refractivity contribution is -0.141. The molecule has 0 aromatic heterocycles. The van der Waals surface area contributed by atoms with Crippen molar-refractivity contribution < 1.29 is 9.59 Å². The van der Waals surface area contributed by atoms with Crippen molar-refractivity contribution in [2.75, 3.05) is 0 Å². The summed E-state index contributed by atoms with van der Waals surface area (Å²) in [7, 11) is 0. The van der Waals surface area contributed by atoms with E-state index in [0.29, 0.717) is 18.0 Å². The van der Waals surface area contributed by atoms with E-state index in [1.54, 1.807) is 11.0 Å². The summed E-state index contributed by atoms with van der Waals surface area (Å²) >= 11 is 6.35. The van der Waals surface area contributed by atoms with Gasteiger partial charge in [-0.05, 0) is 51.3 Å². The van der Waals surface area contributed by atoms with Crippen LogP contribution in [0.15, 0.2) is 48.5 Å². The van der Waals surface area contributed by atoms with E-state index < -0.39 is 6.04 Å². The van der Waals surface area contributed by atoms with Crippen LogP contribution in [0.4, 0.5) is 0 Å². The number of aryl methyl sites for hydroxylation is 1. The molecule has 0 aliphatic rings. The molecule has 1 N–H and O–H groups in total. The molecule has 2 rings (SSSR count). The Morgan fingerprint density at radius 1 is 1.07 bits per heavy atom. The molecule has 2 amide bonds. The molecule has 5 heteroatoms. The van der Waals surface area contributed by atoms with Crippen LogP contribution in [-0.4, -0.2) is 28.3 Å². The standard InChI is InChI=1S/C24H31ClN2O2/c1-6-21(23(29)26-24(3,4)5)27(16-19-9-7-8-10-20(19)25)22(28)15-18-13-11-17(2)12-14-18/h7-14,21H,6,15-16H2,1-5H3,(H,26,29)/t21-/m1/s1. The molecular formula is C24H31ClN2O2. The van der Waals surface area contributed by atoms with E-state index in [0.717, 1.165) is 16.7 Å². The largest absolute Gasteiger partial charge is 0.350 e. The maximum atomic E-state index is 13.3. The molecule has 2 aromatic rings. The van der Waals surface area contributed by atoms with Gasteiger partial charge in [0.25, 0.3) is 0 Å². The van der Waals surface area contributed by atoms with Crippen LogP contribution in [0, 0.1) is 6.92 Å². The number of benzene rings is 2. The number of nitrogens with zero attached hydrogens (tertiary/aromatic N) is 1. The maximum absolute atomic E-state index is 13.3. The third-order valence-corrected chi connectivity index (χ3v) is 5.03. The molecule has 0 aliphatic carbocycles. The van der Waals surface area contributed by atoms with Gasteiger partial charge in [0, 0.05) is 17.1 Å². The summed E-state index contributed by atoms with van der Waals surface area (Å²) in [6, 6.07) is 14.8. The Balaban J connectivity index is 2.32.